The standard InChI is InChI=1S/C20H19Cl3N4O2S/c1-3-27-18(10-29-14-5-7-15(21)12(2)8-14)25-26-20(27)30-11-19(28)24-13-4-6-16(22)17(23)9-13/h4-9H,3,10-11H2,1-2H3,(H,24,28). The highest BCUT2D eigenvalue weighted by Gasteiger charge is 2.14. The van der Waals surface area contributed by atoms with Crippen molar-refractivity contribution in [3.8, 4) is 5.75 Å². The van der Waals surface area contributed by atoms with Crippen LogP contribution in [0.25, 0.3) is 0 Å². The number of ether oxygens (including phenoxy) is 1. The summed E-state index contributed by atoms with van der Waals surface area (Å²) >= 11 is 19.2. The summed E-state index contributed by atoms with van der Waals surface area (Å²) in [7, 11) is 0. The number of halogens is 3. The molecule has 3 aromatic rings. The fraction of sp³-hybridized carbons (Fsp3) is 0.250. The molecule has 0 bridgehead atoms. The van der Waals surface area contributed by atoms with Gasteiger partial charge in [-0.15, -0.1) is 10.2 Å². The van der Waals surface area contributed by atoms with Gasteiger partial charge in [0.15, 0.2) is 11.0 Å². The molecular formula is C20H19Cl3N4O2S. The molecule has 30 heavy (non-hydrogen) atoms. The number of amides is 1. The number of hydrogen-bond acceptors (Lipinski definition) is 5. The summed E-state index contributed by atoms with van der Waals surface area (Å²) in [6.45, 7) is 4.82. The van der Waals surface area contributed by atoms with Crippen LogP contribution in [0, 0.1) is 6.92 Å². The van der Waals surface area contributed by atoms with E-state index in [0.717, 1.165) is 5.56 Å². The Morgan fingerprint density at radius 1 is 1.10 bits per heavy atom. The summed E-state index contributed by atoms with van der Waals surface area (Å²) in [4.78, 5) is 12.3. The van der Waals surface area contributed by atoms with E-state index in [1.807, 2.05) is 30.5 Å². The molecule has 0 aliphatic rings. The molecule has 0 spiro atoms. The van der Waals surface area contributed by atoms with E-state index >= 15 is 0 Å². The Hall–Kier alpha value is -1.93. The minimum absolute atomic E-state index is 0.176. The van der Waals surface area contributed by atoms with E-state index in [-0.39, 0.29) is 18.3 Å². The van der Waals surface area contributed by atoms with Crippen LogP contribution >= 0.6 is 46.6 Å². The van der Waals surface area contributed by atoms with Gasteiger partial charge in [0, 0.05) is 17.3 Å². The van der Waals surface area contributed by atoms with Crippen molar-refractivity contribution in [2.45, 2.75) is 32.2 Å². The number of nitrogens with zero attached hydrogens (tertiary/aromatic N) is 3. The second kappa shape index (κ2) is 10.4. The van der Waals surface area contributed by atoms with Gasteiger partial charge in [-0.3, -0.25) is 4.79 Å². The summed E-state index contributed by atoms with van der Waals surface area (Å²) in [5.41, 5.74) is 1.52. The Labute approximate surface area is 193 Å². The quantitative estimate of drug-likeness (QED) is 0.404. The number of benzene rings is 2. The maximum Gasteiger partial charge on any atom is 0.234 e. The highest BCUT2D eigenvalue weighted by molar-refractivity contribution is 7.99. The van der Waals surface area contributed by atoms with Gasteiger partial charge >= 0.3 is 0 Å². The molecule has 1 heterocycles. The van der Waals surface area contributed by atoms with Crippen LogP contribution < -0.4 is 10.1 Å². The van der Waals surface area contributed by atoms with Gasteiger partial charge in [-0.05, 0) is 55.8 Å². The summed E-state index contributed by atoms with van der Waals surface area (Å²) in [6, 6.07) is 10.4. The number of carbonyl (C=O) groups excluding carboxylic acids is 1. The fourth-order valence-electron chi connectivity index (χ4n) is 2.61. The Balaban J connectivity index is 1.58. The molecular weight excluding hydrogens is 467 g/mol. The zero-order valence-electron chi connectivity index (χ0n) is 16.3. The Bertz CT molecular complexity index is 1060. The zero-order chi connectivity index (χ0) is 21.7. The Kier molecular flexibility index (Phi) is 7.88. The summed E-state index contributed by atoms with van der Waals surface area (Å²) in [5, 5.41) is 13.3. The zero-order valence-corrected chi connectivity index (χ0v) is 19.4. The van der Waals surface area contributed by atoms with Crippen molar-refractivity contribution in [2.75, 3.05) is 11.1 Å². The molecule has 2 aromatic carbocycles. The molecule has 0 radical (unpaired) electrons. The van der Waals surface area contributed by atoms with Gasteiger partial charge in [0.25, 0.3) is 0 Å². The van der Waals surface area contributed by atoms with Crippen molar-refractivity contribution in [3.63, 3.8) is 0 Å². The lowest BCUT2D eigenvalue weighted by Gasteiger charge is -2.10. The Morgan fingerprint density at radius 3 is 2.57 bits per heavy atom. The topological polar surface area (TPSA) is 69.0 Å². The molecule has 0 atom stereocenters. The minimum Gasteiger partial charge on any atom is -0.486 e. The number of aryl methyl sites for hydroxylation is 1. The molecule has 0 unspecified atom stereocenters. The normalized spacial score (nSPS) is 10.8. The van der Waals surface area contributed by atoms with E-state index in [1.54, 1.807) is 24.3 Å². The van der Waals surface area contributed by atoms with E-state index < -0.39 is 0 Å². The highest BCUT2D eigenvalue weighted by Crippen LogP contribution is 2.26. The van der Waals surface area contributed by atoms with Crippen LogP contribution in [0.15, 0.2) is 41.6 Å². The molecule has 1 aromatic heterocycles. The third-order valence-electron chi connectivity index (χ3n) is 4.14. The Morgan fingerprint density at radius 2 is 1.87 bits per heavy atom. The predicted octanol–water partition coefficient (Wildman–Crippen LogP) is 5.88. The van der Waals surface area contributed by atoms with Crippen LogP contribution in [0.2, 0.25) is 15.1 Å². The second-order valence-corrected chi connectivity index (χ2v) is 8.47. The lowest BCUT2D eigenvalue weighted by molar-refractivity contribution is -0.113. The third kappa shape index (κ3) is 5.82. The summed E-state index contributed by atoms with van der Waals surface area (Å²) in [5.74, 6) is 1.38. The summed E-state index contributed by atoms with van der Waals surface area (Å²) in [6.07, 6.45) is 0. The first-order valence-electron chi connectivity index (χ1n) is 9.06. The van der Waals surface area contributed by atoms with Crippen molar-refractivity contribution in [2.24, 2.45) is 0 Å². The van der Waals surface area contributed by atoms with Gasteiger partial charge in [-0.25, -0.2) is 0 Å². The van der Waals surface area contributed by atoms with Crippen LogP contribution in [-0.2, 0) is 17.9 Å². The van der Waals surface area contributed by atoms with Crippen molar-refractivity contribution in [3.05, 3.63) is 62.9 Å². The fourth-order valence-corrected chi connectivity index (χ4v) is 3.84. The van der Waals surface area contributed by atoms with Crippen molar-refractivity contribution in [1.29, 1.82) is 0 Å². The average Bonchev–Trinajstić information content (AvgIpc) is 3.12. The van der Waals surface area contributed by atoms with Gasteiger partial charge in [-0.2, -0.15) is 0 Å². The highest BCUT2D eigenvalue weighted by atomic mass is 35.5. The average molecular weight is 486 g/mol. The lowest BCUT2D eigenvalue weighted by Crippen LogP contribution is -2.15. The number of anilines is 1. The molecule has 3 rings (SSSR count). The van der Waals surface area contributed by atoms with Crippen LogP contribution in [0.1, 0.15) is 18.3 Å². The van der Waals surface area contributed by atoms with E-state index in [2.05, 4.69) is 15.5 Å². The smallest absolute Gasteiger partial charge is 0.234 e. The van der Waals surface area contributed by atoms with Crippen molar-refractivity contribution >= 4 is 58.2 Å². The number of aromatic nitrogens is 3. The van der Waals surface area contributed by atoms with Crippen LogP contribution in [0.5, 0.6) is 5.75 Å². The van der Waals surface area contributed by atoms with E-state index in [0.29, 0.717) is 44.0 Å². The van der Waals surface area contributed by atoms with Gasteiger partial charge < -0.3 is 14.6 Å². The first-order valence-corrected chi connectivity index (χ1v) is 11.2. The maximum atomic E-state index is 12.3. The molecule has 0 aliphatic carbocycles. The number of thioether (sulfide) groups is 1. The number of carbonyl (C=O) groups is 1. The van der Waals surface area contributed by atoms with Crippen LogP contribution in [0.3, 0.4) is 0 Å². The number of rotatable bonds is 8. The predicted molar refractivity (Wildman–Crippen MR) is 122 cm³/mol. The monoisotopic (exact) mass is 484 g/mol. The molecule has 0 fully saturated rings. The van der Waals surface area contributed by atoms with Gasteiger partial charge in [0.05, 0.1) is 15.8 Å². The third-order valence-corrected chi connectivity index (χ3v) is 6.27. The van der Waals surface area contributed by atoms with E-state index in [9.17, 15) is 4.79 Å². The van der Waals surface area contributed by atoms with E-state index in [1.165, 1.54) is 11.8 Å². The molecule has 158 valence electrons. The number of hydrogen-bond donors (Lipinski definition) is 1. The van der Waals surface area contributed by atoms with Gasteiger partial charge in [-0.1, -0.05) is 46.6 Å². The van der Waals surface area contributed by atoms with Gasteiger partial charge in [0.2, 0.25) is 5.91 Å². The molecule has 10 heteroatoms. The van der Waals surface area contributed by atoms with E-state index in [4.69, 9.17) is 39.5 Å². The molecule has 6 nitrogen and oxygen atoms in total. The van der Waals surface area contributed by atoms with Crippen molar-refractivity contribution in [1.82, 2.24) is 14.8 Å². The minimum atomic E-state index is -0.182. The number of nitrogens with one attached hydrogen (secondary N) is 1. The first-order chi connectivity index (χ1) is 14.4. The second-order valence-electron chi connectivity index (χ2n) is 6.31. The molecule has 1 N–H and O–H groups in total. The maximum absolute atomic E-state index is 12.3. The largest absolute Gasteiger partial charge is 0.486 e. The molecule has 0 aliphatic heterocycles. The SMILES string of the molecule is CCn1c(COc2ccc(Cl)c(C)c2)nnc1SCC(=O)Nc1ccc(Cl)c(Cl)c1. The van der Waals surface area contributed by atoms with Gasteiger partial charge in [0.1, 0.15) is 12.4 Å². The lowest BCUT2D eigenvalue weighted by atomic mass is 10.2. The molecule has 0 saturated heterocycles. The first kappa shape index (κ1) is 22.7. The molecule has 1 amide bonds. The molecule has 0 saturated carbocycles. The summed E-state index contributed by atoms with van der Waals surface area (Å²) < 4.78 is 7.73. The van der Waals surface area contributed by atoms with Crippen molar-refractivity contribution < 1.29 is 9.53 Å². The van der Waals surface area contributed by atoms with Crippen LogP contribution in [0.4, 0.5) is 5.69 Å². The van der Waals surface area contributed by atoms with Crippen LogP contribution in [-0.4, -0.2) is 26.4 Å².